The zero-order chi connectivity index (χ0) is 16.7. The Labute approximate surface area is 145 Å². The molecule has 1 atom stereocenters. The lowest BCUT2D eigenvalue weighted by Gasteiger charge is -2.41. The van der Waals surface area contributed by atoms with Crippen LogP contribution in [0, 0.1) is 0 Å². The first kappa shape index (κ1) is 18.5. The molecule has 1 aromatic carbocycles. The number of piperazine rings is 1. The molecule has 23 heavy (non-hydrogen) atoms. The molecule has 128 valence electrons. The van der Waals surface area contributed by atoms with E-state index in [0.29, 0.717) is 6.04 Å². The molecule has 0 radical (unpaired) electrons. The van der Waals surface area contributed by atoms with Gasteiger partial charge >= 0.3 is 0 Å². The maximum atomic E-state index is 9.39. The van der Waals surface area contributed by atoms with E-state index in [2.05, 4.69) is 60.2 Å². The van der Waals surface area contributed by atoms with Crippen LogP contribution in [-0.2, 0) is 6.54 Å². The van der Waals surface area contributed by atoms with E-state index in [0.717, 1.165) is 39.1 Å². The van der Waals surface area contributed by atoms with Crippen molar-refractivity contribution in [1.82, 2.24) is 9.80 Å². The van der Waals surface area contributed by atoms with E-state index in [-0.39, 0.29) is 6.61 Å². The topological polar surface area (TPSA) is 26.7 Å². The Morgan fingerprint density at radius 3 is 2.87 bits per heavy atom. The fourth-order valence-electron chi connectivity index (χ4n) is 3.09. The summed E-state index contributed by atoms with van der Waals surface area (Å²) in [6, 6.07) is 9.28. The summed E-state index contributed by atoms with van der Waals surface area (Å²) in [4.78, 5) is 6.37. The SMILES string of the molecule is CSc1cccc(CN2CCN(CC=C(C)C)[C@@H](CCO)C2)c1. The fraction of sp³-hybridized carbons (Fsp3) is 0.579. The predicted octanol–water partition coefficient (Wildman–Crippen LogP) is 3.24. The van der Waals surface area contributed by atoms with Crippen molar-refractivity contribution in [2.45, 2.75) is 37.8 Å². The first-order chi connectivity index (χ1) is 11.1. The number of hydrogen-bond acceptors (Lipinski definition) is 4. The van der Waals surface area contributed by atoms with Crippen molar-refractivity contribution in [3.8, 4) is 0 Å². The summed E-state index contributed by atoms with van der Waals surface area (Å²) in [7, 11) is 0. The number of allylic oxidation sites excluding steroid dienone is 1. The minimum Gasteiger partial charge on any atom is -0.396 e. The number of aliphatic hydroxyl groups excluding tert-OH is 1. The Kier molecular flexibility index (Phi) is 7.63. The largest absolute Gasteiger partial charge is 0.396 e. The van der Waals surface area contributed by atoms with Gasteiger partial charge in [0.05, 0.1) is 0 Å². The molecule has 0 aromatic heterocycles. The van der Waals surface area contributed by atoms with Gasteiger partial charge < -0.3 is 5.11 Å². The predicted molar refractivity (Wildman–Crippen MR) is 100.0 cm³/mol. The Morgan fingerprint density at radius 2 is 2.17 bits per heavy atom. The maximum Gasteiger partial charge on any atom is 0.0446 e. The van der Waals surface area contributed by atoms with Gasteiger partial charge in [0.25, 0.3) is 0 Å². The molecule has 1 aliphatic rings. The minimum atomic E-state index is 0.270. The van der Waals surface area contributed by atoms with Crippen molar-refractivity contribution in [3.05, 3.63) is 41.5 Å². The zero-order valence-corrected chi connectivity index (χ0v) is 15.5. The third-order valence-electron chi connectivity index (χ3n) is 4.43. The van der Waals surface area contributed by atoms with Crippen molar-refractivity contribution in [2.75, 3.05) is 39.0 Å². The average Bonchev–Trinajstić information content (AvgIpc) is 2.54. The van der Waals surface area contributed by atoms with E-state index < -0.39 is 0 Å². The lowest BCUT2D eigenvalue weighted by atomic mass is 10.1. The van der Waals surface area contributed by atoms with E-state index >= 15 is 0 Å². The highest BCUT2D eigenvalue weighted by atomic mass is 32.2. The minimum absolute atomic E-state index is 0.270. The molecule has 1 saturated heterocycles. The normalized spacial score (nSPS) is 19.7. The molecule has 4 heteroatoms. The molecule has 0 aliphatic carbocycles. The van der Waals surface area contributed by atoms with Gasteiger partial charge in [-0.25, -0.2) is 0 Å². The number of benzene rings is 1. The molecule has 1 heterocycles. The van der Waals surface area contributed by atoms with Gasteiger partial charge in [-0.3, -0.25) is 9.80 Å². The van der Waals surface area contributed by atoms with Crippen LogP contribution in [0.15, 0.2) is 40.8 Å². The van der Waals surface area contributed by atoms with Gasteiger partial charge in [0.2, 0.25) is 0 Å². The second-order valence-electron chi connectivity index (χ2n) is 6.53. The summed E-state index contributed by atoms with van der Waals surface area (Å²) in [5.74, 6) is 0. The average molecular weight is 335 g/mol. The van der Waals surface area contributed by atoms with E-state index in [9.17, 15) is 5.11 Å². The van der Waals surface area contributed by atoms with E-state index in [1.807, 2.05) is 0 Å². The molecule has 0 unspecified atom stereocenters. The fourth-order valence-corrected chi connectivity index (χ4v) is 3.58. The van der Waals surface area contributed by atoms with Gasteiger partial charge in [0, 0.05) is 50.3 Å². The summed E-state index contributed by atoms with van der Waals surface area (Å²) in [5, 5.41) is 9.39. The molecule has 1 aliphatic heterocycles. The maximum absolute atomic E-state index is 9.39. The molecule has 2 rings (SSSR count). The van der Waals surface area contributed by atoms with E-state index in [1.54, 1.807) is 11.8 Å². The molecular weight excluding hydrogens is 304 g/mol. The van der Waals surface area contributed by atoms with Crippen LogP contribution >= 0.6 is 11.8 Å². The number of thioether (sulfide) groups is 1. The third-order valence-corrected chi connectivity index (χ3v) is 5.15. The monoisotopic (exact) mass is 334 g/mol. The van der Waals surface area contributed by atoms with Crippen LogP contribution in [0.4, 0.5) is 0 Å². The van der Waals surface area contributed by atoms with Crippen molar-refractivity contribution in [1.29, 1.82) is 0 Å². The Balaban J connectivity index is 1.96. The summed E-state index contributed by atoms with van der Waals surface area (Å²) in [5.41, 5.74) is 2.75. The lowest BCUT2D eigenvalue weighted by molar-refractivity contribution is 0.0636. The van der Waals surface area contributed by atoms with Crippen LogP contribution in [0.3, 0.4) is 0 Å². The van der Waals surface area contributed by atoms with Gasteiger partial charge in [0.1, 0.15) is 0 Å². The molecule has 0 amide bonds. The van der Waals surface area contributed by atoms with Crippen molar-refractivity contribution < 1.29 is 5.11 Å². The molecule has 1 fully saturated rings. The van der Waals surface area contributed by atoms with Gasteiger partial charge in [-0.2, -0.15) is 0 Å². The summed E-state index contributed by atoms with van der Waals surface area (Å²) in [6.07, 6.45) is 5.28. The van der Waals surface area contributed by atoms with Crippen LogP contribution in [0.2, 0.25) is 0 Å². The smallest absolute Gasteiger partial charge is 0.0446 e. The lowest BCUT2D eigenvalue weighted by Crippen LogP contribution is -2.53. The van der Waals surface area contributed by atoms with Gasteiger partial charge in [0.15, 0.2) is 0 Å². The van der Waals surface area contributed by atoms with Crippen molar-refractivity contribution >= 4 is 11.8 Å². The highest BCUT2D eigenvalue weighted by Gasteiger charge is 2.25. The first-order valence-corrected chi connectivity index (χ1v) is 9.68. The van der Waals surface area contributed by atoms with E-state index in [4.69, 9.17) is 0 Å². The molecular formula is C19H30N2OS. The van der Waals surface area contributed by atoms with Gasteiger partial charge in [-0.15, -0.1) is 11.8 Å². The molecule has 3 nitrogen and oxygen atoms in total. The van der Waals surface area contributed by atoms with Gasteiger partial charge in [-0.1, -0.05) is 23.8 Å². The first-order valence-electron chi connectivity index (χ1n) is 8.46. The Morgan fingerprint density at radius 1 is 1.35 bits per heavy atom. The molecule has 1 aromatic rings. The molecule has 1 N–H and O–H groups in total. The zero-order valence-electron chi connectivity index (χ0n) is 14.7. The quantitative estimate of drug-likeness (QED) is 0.612. The van der Waals surface area contributed by atoms with Crippen LogP contribution in [0.1, 0.15) is 25.8 Å². The Hall–Kier alpha value is -0.810. The van der Waals surface area contributed by atoms with Gasteiger partial charge in [-0.05, 0) is 44.2 Å². The summed E-state index contributed by atoms with van der Waals surface area (Å²) < 4.78 is 0. The van der Waals surface area contributed by atoms with Crippen LogP contribution in [-0.4, -0.2) is 60.0 Å². The van der Waals surface area contributed by atoms with Crippen molar-refractivity contribution in [2.24, 2.45) is 0 Å². The van der Waals surface area contributed by atoms with Crippen LogP contribution in [0.25, 0.3) is 0 Å². The highest BCUT2D eigenvalue weighted by Crippen LogP contribution is 2.19. The van der Waals surface area contributed by atoms with Crippen molar-refractivity contribution in [3.63, 3.8) is 0 Å². The molecule has 0 bridgehead atoms. The standard InChI is InChI=1S/C19H30N2OS/c1-16(2)7-9-21-11-10-20(15-18(21)8-12-22)14-17-5-4-6-19(13-17)23-3/h4-7,13,18,22H,8-12,14-15H2,1-3H3/t18-/m0/s1. The third kappa shape index (κ3) is 5.96. The summed E-state index contributed by atoms with van der Waals surface area (Å²) in [6.45, 7) is 9.80. The Bertz CT molecular complexity index is 514. The second-order valence-corrected chi connectivity index (χ2v) is 7.41. The summed E-state index contributed by atoms with van der Waals surface area (Å²) >= 11 is 1.80. The number of aliphatic hydroxyl groups is 1. The second kappa shape index (κ2) is 9.48. The molecule has 0 saturated carbocycles. The van der Waals surface area contributed by atoms with Crippen LogP contribution in [0.5, 0.6) is 0 Å². The van der Waals surface area contributed by atoms with Crippen LogP contribution < -0.4 is 0 Å². The van der Waals surface area contributed by atoms with E-state index in [1.165, 1.54) is 16.0 Å². The number of hydrogen-bond donors (Lipinski definition) is 1. The number of nitrogens with zero attached hydrogens (tertiary/aromatic N) is 2. The molecule has 0 spiro atoms. The highest BCUT2D eigenvalue weighted by molar-refractivity contribution is 7.98. The number of rotatable bonds is 7.